The number of unbranched alkanes of at least 4 members (excludes halogenated alkanes) is 43. The van der Waals surface area contributed by atoms with Gasteiger partial charge in [-0.25, -0.2) is 0 Å². The number of carbonyl (C=O) groups is 1. The highest BCUT2D eigenvalue weighted by molar-refractivity contribution is 5.76. The number of aliphatic hydroxyl groups is 8. The van der Waals surface area contributed by atoms with E-state index < -0.39 is 86.8 Å². The molecule has 0 radical (unpaired) electrons. The van der Waals surface area contributed by atoms with E-state index in [2.05, 4.69) is 19.2 Å². The first-order valence-corrected chi connectivity index (χ1v) is 33.8. The summed E-state index contributed by atoms with van der Waals surface area (Å²) in [6, 6.07) is -0.822. The lowest BCUT2D eigenvalue weighted by atomic mass is 9.97. The Labute approximate surface area is 483 Å². The van der Waals surface area contributed by atoms with Gasteiger partial charge in [0.2, 0.25) is 5.91 Å². The minimum atomic E-state index is -1.78. The summed E-state index contributed by atoms with van der Waals surface area (Å²) in [5.74, 6) is -0.200. The van der Waals surface area contributed by atoms with E-state index >= 15 is 0 Å². The Balaban J connectivity index is 1.58. The molecule has 9 N–H and O–H groups in total. The Bertz CT molecular complexity index is 1330. The predicted octanol–water partition coefficient (Wildman–Crippen LogP) is 12.8. The molecule has 0 aromatic heterocycles. The molecular weight excluding hydrogens is 1000 g/mol. The standard InChI is InChI=1S/C65H127NO13/c1-3-5-7-9-11-13-15-17-18-19-20-21-22-23-24-25-26-27-28-29-30-31-32-33-34-35-36-37-39-41-43-45-47-49-57(70)66-53(54(69)48-46-44-42-40-38-16-14-12-10-8-6-4-2)52-76-64-62(75)60(73)63(56(51-68)78-64)79-65-61(74)59(72)58(71)55(50-67)77-65/h53-56,58-65,67-69,71-75H,3-52H2,1-2H3,(H,66,70)/t53-,54+,55+,56+,58-,59?,60?,61?,62?,63+,64+,65-/m0/s1. The van der Waals surface area contributed by atoms with Gasteiger partial charge in [-0.15, -0.1) is 0 Å². The number of aliphatic hydroxyl groups excluding tert-OH is 8. The topological polar surface area (TPSA) is 228 Å². The third-order valence-electron chi connectivity index (χ3n) is 17.1. The second-order valence-corrected chi connectivity index (χ2v) is 24.3. The van der Waals surface area contributed by atoms with Crippen molar-refractivity contribution in [3.63, 3.8) is 0 Å². The van der Waals surface area contributed by atoms with Crippen LogP contribution in [0.3, 0.4) is 0 Å². The molecule has 470 valence electrons. The fourth-order valence-electron chi connectivity index (χ4n) is 11.7. The summed E-state index contributed by atoms with van der Waals surface area (Å²) in [5, 5.41) is 87.3. The van der Waals surface area contributed by atoms with E-state index in [0.29, 0.717) is 12.8 Å². The fourth-order valence-corrected chi connectivity index (χ4v) is 11.7. The number of hydrogen-bond donors (Lipinski definition) is 9. The van der Waals surface area contributed by atoms with Crippen molar-refractivity contribution < 1.29 is 64.6 Å². The molecule has 0 aromatic rings. The smallest absolute Gasteiger partial charge is 0.220 e. The van der Waals surface area contributed by atoms with Crippen LogP contribution in [0.4, 0.5) is 0 Å². The molecule has 1 amide bonds. The molecule has 2 fully saturated rings. The van der Waals surface area contributed by atoms with E-state index in [1.54, 1.807) is 0 Å². The fraction of sp³-hybridized carbons (Fsp3) is 0.985. The van der Waals surface area contributed by atoms with Crippen LogP contribution in [0.2, 0.25) is 0 Å². The highest BCUT2D eigenvalue weighted by Gasteiger charge is 2.51. The first kappa shape index (κ1) is 74.1. The third-order valence-corrected chi connectivity index (χ3v) is 17.1. The van der Waals surface area contributed by atoms with Crippen molar-refractivity contribution in [3.05, 3.63) is 0 Å². The summed E-state index contributed by atoms with van der Waals surface area (Å²) in [5.41, 5.74) is 0. The van der Waals surface area contributed by atoms with Gasteiger partial charge < -0.3 is 65.1 Å². The average Bonchev–Trinajstić information content (AvgIpc) is 3.49. The molecule has 0 saturated carbocycles. The number of amides is 1. The molecule has 14 heteroatoms. The highest BCUT2D eigenvalue weighted by atomic mass is 16.7. The van der Waals surface area contributed by atoms with E-state index in [0.717, 1.165) is 51.4 Å². The van der Waals surface area contributed by atoms with Gasteiger partial charge in [-0.05, 0) is 12.8 Å². The van der Waals surface area contributed by atoms with Crippen LogP contribution in [0, 0.1) is 0 Å². The molecule has 2 heterocycles. The van der Waals surface area contributed by atoms with Gasteiger partial charge in [0.15, 0.2) is 12.6 Å². The molecule has 0 spiro atoms. The highest BCUT2D eigenvalue weighted by Crippen LogP contribution is 2.30. The number of hydrogen-bond acceptors (Lipinski definition) is 13. The molecule has 2 aliphatic heterocycles. The average molecular weight is 1130 g/mol. The van der Waals surface area contributed by atoms with Gasteiger partial charge in [-0.2, -0.15) is 0 Å². The molecule has 12 atom stereocenters. The Morgan fingerprint density at radius 1 is 0.405 bits per heavy atom. The monoisotopic (exact) mass is 1130 g/mol. The van der Waals surface area contributed by atoms with Gasteiger partial charge in [0.25, 0.3) is 0 Å². The van der Waals surface area contributed by atoms with Crippen molar-refractivity contribution in [3.8, 4) is 0 Å². The Hall–Kier alpha value is -1.01. The largest absolute Gasteiger partial charge is 0.394 e. The molecule has 4 unspecified atom stereocenters. The first-order valence-electron chi connectivity index (χ1n) is 33.8. The lowest BCUT2D eigenvalue weighted by Gasteiger charge is -2.46. The molecule has 0 bridgehead atoms. The number of carbonyl (C=O) groups excluding carboxylic acids is 1. The molecule has 2 aliphatic rings. The van der Waals surface area contributed by atoms with Crippen LogP contribution in [-0.4, -0.2) is 140 Å². The number of ether oxygens (including phenoxy) is 4. The number of rotatable bonds is 56. The maximum atomic E-state index is 13.3. The van der Waals surface area contributed by atoms with Crippen LogP contribution >= 0.6 is 0 Å². The summed E-state index contributed by atoms with van der Waals surface area (Å²) in [6.45, 7) is 2.89. The molecule has 2 saturated heterocycles. The normalized spacial score (nSPS) is 24.3. The second-order valence-electron chi connectivity index (χ2n) is 24.3. The maximum Gasteiger partial charge on any atom is 0.220 e. The Kier molecular flexibility index (Phi) is 48.2. The van der Waals surface area contributed by atoms with Crippen LogP contribution < -0.4 is 5.32 Å². The van der Waals surface area contributed by atoms with Crippen molar-refractivity contribution in [2.45, 2.75) is 389 Å². The van der Waals surface area contributed by atoms with Crippen LogP contribution in [0.1, 0.15) is 316 Å². The van der Waals surface area contributed by atoms with Crippen molar-refractivity contribution in [2.75, 3.05) is 19.8 Å². The minimum Gasteiger partial charge on any atom is -0.394 e. The van der Waals surface area contributed by atoms with E-state index in [1.165, 1.54) is 238 Å². The van der Waals surface area contributed by atoms with Gasteiger partial charge in [0.1, 0.15) is 48.8 Å². The van der Waals surface area contributed by atoms with Crippen molar-refractivity contribution in [2.24, 2.45) is 0 Å². The van der Waals surface area contributed by atoms with Gasteiger partial charge in [-0.1, -0.05) is 296 Å². The maximum absolute atomic E-state index is 13.3. The number of nitrogens with one attached hydrogen (secondary N) is 1. The zero-order chi connectivity index (χ0) is 57.4. The lowest BCUT2D eigenvalue weighted by molar-refractivity contribution is -0.359. The summed E-state index contributed by atoms with van der Waals surface area (Å²) < 4.78 is 22.8. The van der Waals surface area contributed by atoms with Crippen molar-refractivity contribution in [1.29, 1.82) is 0 Å². The second kappa shape index (κ2) is 51.4. The van der Waals surface area contributed by atoms with Crippen LogP contribution in [-0.2, 0) is 23.7 Å². The van der Waals surface area contributed by atoms with Crippen molar-refractivity contribution >= 4 is 5.91 Å². The van der Waals surface area contributed by atoms with E-state index in [1.807, 2.05) is 0 Å². The molecule has 0 aromatic carbocycles. The van der Waals surface area contributed by atoms with Crippen LogP contribution in [0.5, 0.6) is 0 Å². The van der Waals surface area contributed by atoms with Gasteiger partial charge in [0, 0.05) is 6.42 Å². The minimum absolute atomic E-state index is 0.200. The van der Waals surface area contributed by atoms with E-state index in [4.69, 9.17) is 18.9 Å². The molecule has 79 heavy (non-hydrogen) atoms. The predicted molar refractivity (Wildman–Crippen MR) is 319 cm³/mol. The molecule has 0 aliphatic carbocycles. The van der Waals surface area contributed by atoms with E-state index in [9.17, 15) is 45.6 Å². The van der Waals surface area contributed by atoms with E-state index in [-0.39, 0.29) is 12.5 Å². The summed E-state index contributed by atoms with van der Waals surface area (Å²) in [4.78, 5) is 13.3. The van der Waals surface area contributed by atoms with Crippen molar-refractivity contribution in [1.82, 2.24) is 5.32 Å². The summed E-state index contributed by atoms with van der Waals surface area (Å²) in [7, 11) is 0. The van der Waals surface area contributed by atoms with Gasteiger partial charge >= 0.3 is 0 Å². The van der Waals surface area contributed by atoms with Gasteiger partial charge in [0.05, 0.1) is 32.0 Å². The lowest BCUT2D eigenvalue weighted by Crippen LogP contribution is -2.65. The third kappa shape index (κ3) is 36.4. The van der Waals surface area contributed by atoms with Gasteiger partial charge in [-0.3, -0.25) is 4.79 Å². The molecule has 14 nitrogen and oxygen atoms in total. The molecule has 2 rings (SSSR count). The van der Waals surface area contributed by atoms with Crippen LogP contribution in [0.25, 0.3) is 0 Å². The molecular formula is C65H127NO13. The quantitative estimate of drug-likeness (QED) is 0.0259. The zero-order valence-electron chi connectivity index (χ0n) is 50.9. The zero-order valence-corrected chi connectivity index (χ0v) is 50.9. The first-order chi connectivity index (χ1) is 38.6. The Morgan fingerprint density at radius 2 is 0.722 bits per heavy atom. The summed E-state index contributed by atoms with van der Waals surface area (Å²) >= 11 is 0. The van der Waals surface area contributed by atoms with Crippen LogP contribution in [0.15, 0.2) is 0 Å². The SMILES string of the molecule is CCCCCCCCCCCCCCCCCCCCCCCCCCCCCCCCCCCC(=O)N[C@@H](CO[C@@H]1O[C@H](CO)[C@@H](O[C@@H]2O[C@H](CO)[C@H](O)C(O)C2O)C(O)C1O)[C@H](O)CCCCCCCCCCCCCC. The summed E-state index contributed by atoms with van der Waals surface area (Å²) in [6.07, 6.45) is 42.9. The Morgan fingerprint density at radius 3 is 1.08 bits per heavy atom.